The van der Waals surface area contributed by atoms with Gasteiger partial charge in [-0.3, -0.25) is 9.59 Å². The molecule has 1 aliphatic heterocycles. The molecule has 0 atom stereocenters. The highest BCUT2D eigenvalue weighted by Gasteiger charge is 2.22. The van der Waals surface area contributed by atoms with E-state index in [0.29, 0.717) is 16.9 Å². The van der Waals surface area contributed by atoms with Crippen LogP contribution in [-0.4, -0.2) is 34.8 Å². The first-order valence-electron chi connectivity index (χ1n) is 8.60. The molecule has 5 nitrogen and oxygen atoms in total. The second-order valence-electron chi connectivity index (χ2n) is 6.41. The number of aromatic nitrogens is 1. The number of rotatable bonds is 3. The molecule has 0 saturated carbocycles. The van der Waals surface area contributed by atoms with Crippen LogP contribution in [0.1, 0.15) is 33.7 Å². The van der Waals surface area contributed by atoms with Crippen molar-refractivity contribution in [1.82, 2.24) is 9.88 Å². The minimum Gasteiger partial charge on any atom is -0.351 e. The molecule has 0 aliphatic carbocycles. The van der Waals surface area contributed by atoms with E-state index in [-0.39, 0.29) is 11.8 Å². The summed E-state index contributed by atoms with van der Waals surface area (Å²) in [4.78, 5) is 30.4. The molecule has 2 aromatic carbocycles. The van der Waals surface area contributed by atoms with Gasteiger partial charge in [-0.15, -0.1) is 0 Å². The third kappa shape index (κ3) is 3.24. The molecule has 0 spiro atoms. The molecule has 2 N–H and O–H groups in total. The van der Waals surface area contributed by atoms with Crippen molar-refractivity contribution in [2.24, 2.45) is 0 Å². The van der Waals surface area contributed by atoms with E-state index < -0.39 is 0 Å². The Bertz CT molecular complexity index is 990. The monoisotopic (exact) mass is 411 g/mol. The number of benzene rings is 2. The summed E-state index contributed by atoms with van der Waals surface area (Å²) in [6.07, 6.45) is 2.07. The van der Waals surface area contributed by atoms with Gasteiger partial charge in [0.25, 0.3) is 11.8 Å². The van der Waals surface area contributed by atoms with E-state index >= 15 is 0 Å². The largest absolute Gasteiger partial charge is 0.351 e. The first kappa shape index (κ1) is 16.8. The molecule has 6 heteroatoms. The van der Waals surface area contributed by atoms with Crippen LogP contribution in [0.5, 0.6) is 0 Å². The van der Waals surface area contributed by atoms with E-state index in [2.05, 4.69) is 26.2 Å². The predicted octanol–water partition coefficient (Wildman–Crippen LogP) is 4.42. The summed E-state index contributed by atoms with van der Waals surface area (Å²) in [5.41, 5.74) is 2.41. The number of hydrogen-bond donors (Lipinski definition) is 2. The van der Waals surface area contributed by atoms with Crippen molar-refractivity contribution in [3.63, 3.8) is 0 Å². The molecule has 4 rings (SSSR count). The van der Waals surface area contributed by atoms with Crippen LogP contribution >= 0.6 is 15.9 Å². The molecule has 3 aromatic rings. The van der Waals surface area contributed by atoms with Gasteiger partial charge in [-0.05, 0) is 49.2 Å². The average molecular weight is 412 g/mol. The standard InChI is InChI=1S/C20H18BrN3O2/c21-14-7-8-16-13(11-14)12-18(22-16)19(25)23-17-6-2-1-5-15(17)20(26)24-9-3-4-10-24/h1-2,5-8,11-12,22H,3-4,9-10H2,(H,23,25). The maximum Gasteiger partial charge on any atom is 0.272 e. The van der Waals surface area contributed by atoms with Crippen LogP contribution < -0.4 is 5.32 Å². The lowest BCUT2D eigenvalue weighted by atomic mass is 10.1. The number of anilines is 1. The topological polar surface area (TPSA) is 65.2 Å². The molecule has 132 valence electrons. The minimum atomic E-state index is -0.265. The first-order chi connectivity index (χ1) is 12.6. The molecule has 1 aromatic heterocycles. The Morgan fingerprint density at radius 2 is 1.81 bits per heavy atom. The number of halogens is 1. The molecule has 2 heterocycles. The summed E-state index contributed by atoms with van der Waals surface area (Å²) in [6, 6.07) is 14.8. The van der Waals surface area contributed by atoms with Crippen molar-refractivity contribution in [3.05, 3.63) is 64.3 Å². The van der Waals surface area contributed by atoms with Gasteiger partial charge < -0.3 is 15.2 Å². The summed E-state index contributed by atoms with van der Waals surface area (Å²) in [5, 5.41) is 3.83. The number of carbonyl (C=O) groups is 2. The fourth-order valence-electron chi connectivity index (χ4n) is 3.28. The Labute approximate surface area is 159 Å². The molecule has 1 saturated heterocycles. The van der Waals surface area contributed by atoms with Gasteiger partial charge in [0.1, 0.15) is 5.69 Å². The van der Waals surface area contributed by atoms with E-state index in [4.69, 9.17) is 0 Å². The van der Waals surface area contributed by atoms with Crippen molar-refractivity contribution in [2.45, 2.75) is 12.8 Å². The number of para-hydroxylation sites is 1. The molecule has 26 heavy (non-hydrogen) atoms. The van der Waals surface area contributed by atoms with Crippen LogP contribution in [0.2, 0.25) is 0 Å². The fourth-order valence-corrected chi connectivity index (χ4v) is 3.66. The third-order valence-electron chi connectivity index (χ3n) is 4.63. The minimum absolute atomic E-state index is 0.0287. The van der Waals surface area contributed by atoms with Crippen LogP contribution in [0.15, 0.2) is 53.0 Å². The van der Waals surface area contributed by atoms with Crippen LogP contribution in [-0.2, 0) is 0 Å². The van der Waals surface area contributed by atoms with Crippen molar-refractivity contribution in [2.75, 3.05) is 18.4 Å². The number of aromatic amines is 1. The zero-order valence-electron chi connectivity index (χ0n) is 14.1. The molecule has 0 bridgehead atoms. The maximum atomic E-state index is 12.7. The quantitative estimate of drug-likeness (QED) is 0.669. The van der Waals surface area contributed by atoms with Gasteiger partial charge in [-0.1, -0.05) is 28.1 Å². The number of hydrogen-bond acceptors (Lipinski definition) is 2. The number of amides is 2. The van der Waals surface area contributed by atoms with Gasteiger partial charge in [-0.2, -0.15) is 0 Å². The molecule has 2 amide bonds. The third-order valence-corrected chi connectivity index (χ3v) is 5.12. The summed E-state index contributed by atoms with van der Waals surface area (Å²) >= 11 is 3.43. The number of fused-ring (bicyclic) bond motifs is 1. The number of nitrogens with zero attached hydrogens (tertiary/aromatic N) is 1. The predicted molar refractivity (Wildman–Crippen MR) is 106 cm³/mol. The summed E-state index contributed by atoms with van der Waals surface area (Å²) in [6.45, 7) is 1.55. The van der Waals surface area contributed by atoms with E-state index in [0.717, 1.165) is 41.3 Å². The zero-order valence-corrected chi connectivity index (χ0v) is 15.7. The average Bonchev–Trinajstić information content (AvgIpc) is 3.31. The summed E-state index contributed by atoms with van der Waals surface area (Å²) < 4.78 is 0.956. The van der Waals surface area contributed by atoms with E-state index in [9.17, 15) is 9.59 Å². The van der Waals surface area contributed by atoms with Crippen LogP contribution in [0, 0.1) is 0 Å². The molecular weight excluding hydrogens is 394 g/mol. The van der Waals surface area contributed by atoms with Gasteiger partial charge in [0.15, 0.2) is 0 Å². The molecule has 1 aliphatic rings. The van der Waals surface area contributed by atoms with Crippen LogP contribution in [0.3, 0.4) is 0 Å². The highest BCUT2D eigenvalue weighted by molar-refractivity contribution is 9.10. The number of H-pyrrole nitrogens is 1. The van der Waals surface area contributed by atoms with Crippen molar-refractivity contribution >= 4 is 44.3 Å². The summed E-state index contributed by atoms with van der Waals surface area (Å²) in [7, 11) is 0. The second kappa shape index (κ2) is 6.96. The van der Waals surface area contributed by atoms with Crippen LogP contribution in [0.4, 0.5) is 5.69 Å². The van der Waals surface area contributed by atoms with Crippen molar-refractivity contribution < 1.29 is 9.59 Å². The van der Waals surface area contributed by atoms with Gasteiger partial charge in [0.05, 0.1) is 11.3 Å². The van der Waals surface area contributed by atoms with E-state index in [1.165, 1.54) is 0 Å². The first-order valence-corrected chi connectivity index (χ1v) is 9.39. The number of nitrogens with one attached hydrogen (secondary N) is 2. The van der Waals surface area contributed by atoms with Crippen LogP contribution in [0.25, 0.3) is 10.9 Å². The highest BCUT2D eigenvalue weighted by atomic mass is 79.9. The maximum absolute atomic E-state index is 12.7. The number of carbonyl (C=O) groups excluding carboxylic acids is 2. The lowest BCUT2D eigenvalue weighted by molar-refractivity contribution is 0.0794. The Hall–Kier alpha value is -2.60. The Morgan fingerprint density at radius 3 is 2.62 bits per heavy atom. The van der Waals surface area contributed by atoms with Gasteiger partial charge in [-0.25, -0.2) is 0 Å². The van der Waals surface area contributed by atoms with Crippen molar-refractivity contribution in [1.29, 1.82) is 0 Å². The highest BCUT2D eigenvalue weighted by Crippen LogP contribution is 2.23. The summed E-state index contributed by atoms with van der Waals surface area (Å²) in [5.74, 6) is -0.294. The molecular formula is C20H18BrN3O2. The zero-order chi connectivity index (χ0) is 18.1. The fraction of sp³-hybridized carbons (Fsp3) is 0.200. The Morgan fingerprint density at radius 1 is 1.04 bits per heavy atom. The van der Waals surface area contributed by atoms with Gasteiger partial charge in [0.2, 0.25) is 0 Å². The molecule has 1 fully saturated rings. The molecule has 0 unspecified atom stereocenters. The van der Waals surface area contributed by atoms with Gasteiger partial charge >= 0.3 is 0 Å². The van der Waals surface area contributed by atoms with E-state index in [1.807, 2.05) is 35.2 Å². The lowest BCUT2D eigenvalue weighted by Crippen LogP contribution is -2.28. The van der Waals surface area contributed by atoms with Gasteiger partial charge in [0, 0.05) is 28.5 Å². The Kier molecular flexibility index (Phi) is 4.51. The lowest BCUT2D eigenvalue weighted by Gasteiger charge is -2.17. The SMILES string of the molecule is O=C(Nc1ccccc1C(=O)N1CCCC1)c1cc2cc(Br)ccc2[nH]1. The normalized spacial score (nSPS) is 14.0. The Balaban J connectivity index is 1.60. The van der Waals surface area contributed by atoms with Crippen molar-refractivity contribution in [3.8, 4) is 0 Å². The number of likely N-dealkylation sites (tertiary alicyclic amines) is 1. The van der Waals surface area contributed by atoms with E-state index in [1.54, 1.807) is 18.2 Å². The second-order valence-corrected chi connectivity index (χ2v) is 7.33. The smallest absolute Gasteiger partial charge is 0.272 e. The molecule has 0 radical (unpaired) electrons.